The summed E-state index contributed by atoms with van der Waals surface area (Å²) in [5.74, 6) is -0.990. The van der Waals surface area contributed by atoms with Crippen LogP contribution in [0, 0.1) is 0 Å². The minimum Gasteiger partial charge on any atom is -0.504 e. The van der Waals surface area contributed by atoms with Crippen molar-refractivity contribution < 1.29 is 34.3 Å². The molecule has 2 aliphatic rings. The van der Waals surface area contributed by atoms with Crippen molar-refractivity contribution in [3.8, 4) is 11.5 Å². The molecule has 140 valence electrons. The maximum absolute atomic E-state index is 9.28. The molecular weight excluding hydrogens is 328 g/mol. The predicted octanol–water partition coefficient (Wildman–Crippen LogP) is 2.11. The minimum atomic E-state index is -0.981. The normalized spacial score (nSPS) is 19.6. The van der Waals surface area contributed by atoms with Gasteiger partial charge in [-0.25, -0.2) is 4.79 Å². The van der Waals surface area contributed by atoms with Crippen molar-refractivity contribution in [1.82, 2.24) is 0 Å². The molecule has 0 spiro atoms. The highest BCUT2D eigenvalue weighted by molar-refractivity contribution is 5.78. The molecule has 7 heteroatoms. The maximum Gasteiger partial charge on any atom is 0.327 e. The molecule has 2 saturated heterocycles. The standard InChI is InChI=1S/C9H12O2.C6H10O3.C3H4O2/c1-2-4-7-5-3-6-8(10)9(7)11;1(5-3-8-5)7-2-6-4-9-6;1-2-3(4)5/h3,5-6,10-11H,2,4H2,1H3;5-6H,1-4H2;2H,1H2,(H,4,5). The highest BCUT2D eigenvalue weighted by Crippen LogP contribution is 2.28. The van der Waals surface area contributed by atoms with E-state index in [1.54, 1.807) is 6.07 Å². The van der Waals surface area contributed by atoms with Gasteiger partial charge in [0, 0.05) is 6.08 Å². The summed E-state index contributed by atoms with van der Waals surface area (Å²) in [6.07, 6.45) is 3.39. The summed E-state index contributed by atoms with van der Waals surface area (Å²) in [5, 5.41) is 26.0. The van der Waals surface area contributed by atoms with Gasteiger partial charge in [0.2, 0.25) is 0 Å². The molecule has 2 atom stereocenters. The zero-order valence-corrected chi connectivity index (χ0v) is 14.4. The molecule has 0 bridgehead atoms. The van der Waals surface area contributed by atoms with Crippen LogP contribution in [-0.2, 0) is 25.4 Å². The quantitative estimate of drug-likeness (QED) is 0.390. The van der Waals surface area contributed by atoms with Gasteiger partial charge in [-0.2, -0.15) is 0 Å². The molecule has 2 unspecified atom stereocenters. The number of carboxylic acids is 1. The number of aliphatic carboxylic acids is 1. The van der Waals surface area contributed by atoms with Gasteiger partial charge in [0.1, 0.15) is 12.2 Å². The SMILES string of the molecule is C(OCC1CO1)C1CO1.C=CC(=O)O.CCCc1cccc(O)c1O. The van der Waals surface area contributed by atoms with Crippen molar-refractivity contribution >= 4 is 5.97 Å². The summed E-state index contributed by atoms with van der Waals surface area (Å²) >= 11 is 0. The average Bonchev–Trinajstić information content (AvgIpc) is 3.48. The molecule has 3 rings (SSSR count). The van der Waals surface area contributed by atoms with E-state index in [2.05, 4.69) is 6.58 Å². The summed E-state index contributed by atoms with van der Waals surface area (Å²) in [6, 6.07) is 5.03. The summed E-state index contributed by atoms with van der Waals surface area (Å²) in [7, 11) is 0. The topological polar surface area (TPSA) is 112 Å². The number of hydrogen-bond acceptors (Lipinski definition) is 6. The molecule has 0 aromatic heterocycles. The van der Waals surface area contributed by atoms with Gasteiger partial charge in [-0.3, -0.25) is 0 Å². The van der Waals surface area contributed by atoms with E-state index < -0.39 is 5.97 Å². The second-order valence-electron chi connectivity index (χ2n) is 5.53. The van der Waals surface area contributed by atoms with Crippen LogP contribution in [0.2, 0.25) is 0 Å². The number of carboxylic acid groups (broad SMARTS) is 1. The van der Waals surface area contributed by atoms with Crippen LogP contribution >= 0.6 is 0 Å². The molecule has 0 amide bonds. The minimum absolute atomic E-state index is 0.0225. The van der Waals surface area contributed by atoms with E-state index in [1.165, 1.54) is 6.07 Å². The summed E-state index contributed by atoms with van der Waals surface area (Å²) in [6.45, 7) is 8.25. The van der Waals surface area contributed by atoms with E-state index in [4.69, 9.17) is 24.4 Å². The fourth-order valence-corrected chi connectivity index (χ4v) is 1.71. The van der Waals surface area contributed by atoms with E-state index in [-0.39, 0.29) is 11.5 Å². The Morgan fingerprint density at radius 3 is 2.20 bits per heavy atom. The molecule has 3 N–H and O–H groups in total. The van der Waals surface area contributed by atoms with Crippen molar-refractivity contribution in [3.63, 3.8) is 0 Å². The Balaban J connectivity index is 0.000000201. The molecule has 1 aromatic carbocycles. The molecule has 0 saturated carbocycles. The fourth-order valence-electron chi connectivity index (χ4n) is 1.71. The first kappa shape index (κ1) is 21.0. The van der Waals surface area contributed by atoms with Crippen LogP contribution < -0.4 is 0 Å². The largest absolute Gasteiger partial charge is 0.504 e. The molecule has 7 nitrogen and oxygen atoms in total. The molecule has 0 radical (unpaired) electrons. The molecule has 2 heterocycles. The van der Waals surface area contributed by atoms with Crippen LogP contribution in [0.5, 0.6) is 11.5 Å². The van der Waals surface area contributed by atoms with Crippen LogP contribution in [0.4, 0.5) is 0 Å². The third kappa shape index (κ3) is 10.4. The Hall–Kier alpha value is -2.09. The van der Waals surface area contributed by atoms with Crippen LogP contribution in [0.1, 0.15) is 18.9 Å². The monoisotopic (exact) mass is 354 g/mol. The zero-order chi connectivity index (χ0) is 18.7. The Kier molecular flexibility index (Phi) is 9.61. The smallest absolute Gasteiger partial charge is 0.327 e. The van der Waals surface area contributed by atoms with Gasteiger partial charge in [0.15, 0.2) is 11.5 Å². The number of phenols is 2. The third-order valence-corrected chi connectivity index (χ3v) is 3.20. The Bertz CT molecular complexity index is 524. The Morgan fingerprint density at radius 2 is 1.80 bits per heavy atom. The molecule has 25 heavy (non-hydrogen) atoms. The highest BCUT2D eigenvalue weighted by atomic mass is 16.6. The summed E-state index contributed by atoms with van der Waals surface area (Å²) in [4.78, 5) is 9.25. The van der Waals surface area contributed by atoms with Crippen molar-refractivity contribution in [2.24, 2.45) is 0 Å². The van der Waals surface area contributed by atoms with Gasteiger partial charge in [-0.1, -0.05) is 32.1 Å². The number of carbonyl (C=O) groups is 1. The number of hydrogen-bond donors (Lipinski definition) is 3. The number of phenolic OH excluding ortho intramolecular Hbond substituents is 2. The van der Waals surface area contributed by atoms with E-state index >= 15 is 0 Å². The highest BCUT2D eigenvalue weighted by Gasteiger charge is 2.26. The lowest BCUT2D eigenvalue weighted by Crippen LogP contribution is -2.06. The van der Waals surface area contributed by atoms with Gasteiger partial charge in [-0.15, -0.1) is 0 Å². The third-order valence-electron chi connectivity index (χ3n) is 3.20. The lowest BCUT2D eigenvalue weighted by atomic mass is 10.1. The van der Waals surface area contributed by atoms with Crippen LogP contribution in [0.3, 0.4) is 0 Å². The number of para-hydroxylation sites is 1. The molecule has 0 aliphatic carbocycles. The van der Waals surface area contributed by atoms with Crippen molar-refractivity contribution in [3.05, 3.63) is 36.4 Å². The molecular formula is C18H26O7. The number of epoxide rings is 2. The van der Waals surface area contributed by atoms with Crippen LogP contribution in [0.25, 0.3) is 0 Å². The maximum atomic E-state index is 9.28. The number of aryl methyl sites for hydroxylation is 1. The second kappa shape index (κ2) is 11.5. The molecule has 2 aliphatic heterocycles. The number of rotatable bonds is 7. The predicted molar refractivity (Wildman–Crippen MR) is 91.9 cm³/mol. The summed E-state index contributed by atoms with van der Waals surface area (Å²) < 4.78 is 15.1. The van der Waals surface area contributed by atoms with Crippen molar-refractivity contribution in [2.45, 2.75) is 32.0 Å². The van der Waals surface area contributed by atoms with Gasteiger partial charge >= 0.3 is 5.97 Å². The lowest BCUT2D eigenvalue weighted by Gasteiger charge is -2.03. The van der Waals surface area contributed by atoms with Crippen molar-refractivity contribution in [2.75, 3.05) is 26.4 Å². The van der Waals surface area contributed by atoms with Crippen molar-refractivity contribution in [1.29, 1.82) is 0 Å². The summed E-state index contributed by atoms with van der Waals surface area (Å²) in [5.41, 5.74) is 0.813. The van der Waals surface area contributed by atoms with Crippen LogP contribution in [-0.4, -0.2) is 59.9 Å². The van der Waals surface area contributed by atoms with Gasteiger partial charge in [-0.05, 0) is 18.1 Å². The zero-order valence-electron chi connectivity index (χ0n) is 14.4. The van der Waals surface area contributed by atoms with Crippen LogP contribution in [0.15, 0.2) is 30.9 Å². The average molecular weight is 354 g/mol. The second-order valence-corrected chi connectivity index (χ2v) is 5.53. The Morgan fingerprint density at radius 1 is 1.28 bits per heavy atom. The fraction of sp³-hybridized carbons (Fsp3) is 0.500. The first-order chi connectivity index (χ1) is 12.0. The number of ether oxygens (including phenoxy) is 3. The van der Waals surface area contributed by atoms with E-state index in [0.29, 0.717) is 12.2 Å². The van der Waals surface area contributed by atoms with E-state index in [9.17, 15) is 9.90 Å². The molecule has 1 aromatic rings. The van der Waals surface area contributed by atoms with Gasteiger partial charge < -0.3 is 29.5 Å². The first-order valence-electron chi connectivity index (χ1n) is 8.14. The Labute approximate surface area is 147 Å². The van der Waals surface area contributed by atoms with E-state index in [0.717, 1.165) is 50.9 Å². The van der Waals surface area contributed by atoms with Gasteiger partial charge in [0.25, 0.3) is 0 Å². The van der Waals surface area contributed by atoms with E-state index in [1.807, 2.05) is 13.0 Å². The lowest BCUT2D eigenvalue weighted by molar-refractivity contribution is -0.131. The number of benzene rings is 1. The van der Waals surface area contributed by atoms with Gasteiger partial charge in [0.05, 0.1) is 26.4 Å². The first-order valence-corrected chi connectivity index (χ1v) is 8.14. The number of aromatic hydroxyl groups is 2. The molecule has 2 fully saturated rings.